The Kier molecular flexibility index (Phi) is 1.53. The number of hydrogen-bond acceptors (Lipinski definition) is 0. The van der Waals surface area contributed by atoms with Gasteiger partial charge in [-0.25, -0.2) is 0 Å². The molecule has 0 aromatic heterocycles. The van der Waals surface area contributed by atoms with Crippen LogP contribution in [0.25, 0.3) is 0 Å². The van der Waals surface area contributed by atoms with Gasteiger partial charge in [-0.1, -0.05) is 6.42 Å². The Labute approximate surface area is 57.7 Å². The van der Waals surface area contributed by atoms with Gasteiger partial charge < -0.3 is 0 Å². The molecule has 1 saturated carbocycles. The molecule has 0 amide bonds. The van der Waals surface area contributed by atoms with Crippen LogP contribution in [0.1, 0.15) is 33.1 Å². The Morgan fingerprint density at radius 2 is 2.00 bits per heavy atom. The molecule has 1 aliphatic rings. The van der Waals surface area contributed by atoms with Gasteiger partial charge in [0.2, 0.25) is 0 Å². The van der Waals surface area contributed by atoms with Crippen LogP contribution in [-0.4, -0.2) is 0 Å². The third-order valence-corrected chi connectivity index (χ3v) is 2.50. The van der Waals surface area contributed by atoms with Crippen LogP contribution in [0, 0.1) is 23.7 Å². The fourth-order valence-electron chi connectivity index (χ4n) is 1.25. The first-order chi connectivity index (χ1) is 4.17. The minimum absolute atomic E-state index is 0.165. The monoisotopic (exact) mass is 122 g/mol. The van der Waals surface area contributed by atoms with Crippen LogP contribution in [-0.2, 0) is 0 Å². The van der Waals surface area contributed by atoms with Gasteiger partial charge in [-0.2, -0.15) is 0 Å². The predicted molar refractivity (Wildman–Crippen MR) is 40.0 cm³/mol. The summed E-state index contributed by atoms with van der Waals surface area (Å²) in [6.07, 6.45) is 9.44. The Balaban J connectivity index is 2.50. The van der Waals surface area contributed by atoms with Crippen LogP contribution in [0.15, 0.2) is 0 Å². The van der Waals surface area contributed by atoms with Crippen molar-refractivity contribution >= 4 is 0 Å². The zero-order valence-electron chi connectivity index (χ0n) is 6.28. The summed E-state index contributed by atoms with van der Waals surface area (Å²) in [6.45, 7) is 4.33. The highest BCUT2D eigenvalue weighted by Crippen LogP contribution is 2.40. The summed E-state index contributed by atoms with van der Waals surface area (Å²) in [4.78, 5) is 0. The average Bonchev–Trinajstić information content (AvgIpc) is 1.60. The molecule has 0 N–H and O–H groups in total. The van der Waals surface area contributed by atoms with Gasteiger partial charge in [0, 0.05) is 5.41 Å². The van der Waals surface area contributed by atoms with Crippen molar-refractivity contribution in [2.24, 2.45) is 11.3 Å². The first-order valence-corrected chi connectivity index (χ1v) is 3.64. The molecule has 1 fully saturated rings. The summed E-state index contributed by atoms with van der Waals surface area (Å²) < 4.78 is 0. The first-order valence-electron chi connectivity index (χ1n) is 3.64. The van der Waals surface area contributed by atoms with Gasteiger partial charge in [0.05, 0.1) is 0 Å². The van der Waals surface area contributed by atoms with E-state index in [1.165, 1.54) is 19.3 Å². The lowest BCUT2D eigenvalue weighted by Crippen LogP contribution is -2.27. The lowest BCUT2D eigenvalue weighted by Gasteiger charge is -2.36. The van der Waals surface area contributed by atoms with E-state index in [4.69, 9.17) is 6.42 Å². The number of rotatable bonds is 1. The zero-order valence-corrected chi connectivity index (χ0v) is 6.28. The minimum atomic E-state index is 0.165. The highest BCUT2D eigenvalue weighted by Gasteiger charge is 2.31. The number of terminal acetylenes is 1. The van der Waals surface area contributed by atoms with Gasteiger partial charge in [0.15, 0.2) is 0 Å². The Morgan fingerprint density at radius 3 is 2.11 bits per heavy atom. The van der Waals surface area contributed by atoms with Gasteiger partial charge in [-0.3, -0.25) is 0 Å². The van der Waals surface area contributed by atoms with Gasteiger partial charge in [0.1, 0.15) is 0 Å². The van der Waals surface area contributed by atoms with Crippen LogP contribution in [0.4, 0.5) is 0 Å². The normalized spacial score (nSPS) is 20.6. The van der Waals surface area contributed by atoms with Crippen LogP contribution in [0.3, 0.4) is 0 Å². The Morgan fingerprint density at radius 1 is 1.44 bits per heavy atom. The topological polar surface area (TPSA) is 0 Å². The summed E-state index contributed by atoms with van der Waals surface area (Å²) in [5.41, 5.74) is 0.165. The summed E-state index contributed by atoms with van der Waals surface area (Å²) in [5, 5.41) is 0. The van der Waals surface area contributed by atoms with E-state index in [9.17, 15) is 0 Å². The van der Waals surface area contributed by atoms with Crippen molar-refractivity contribution in [3.8, 4) is 12.3 Å². The molecule has 0 nitrogen and oxygen atoms in total. The van der Waals surface area contributed by atoms with Crippen LogP contribution >= 0.6 is 0 Å². The van der Waals surface area contributed by atoms with E-state index in [0.717, 1.165) is 5.92 Å². The van der Waals surface area contributed by atoms with Gasteiger partial charge in [-0.05, 0) is 32.6 Å². The largest absolute Gasteiger partial charge is 0.120 e. The van der Waals surface area contributed by atoms with Gasteiger partial charge in [-0.15, -0.1) is 12.3 Å². The van der Waals surface area contributed by atoms with Crippen molar-refractivity contribution in [3.05, 3.63) is 0 Å². The maximum atomic E-state index is 5.37. The van der Waals surface area contributed by atoms with E-state index in [-0.39, 0.29) is 5.41 Å². The minimum Gasteiger partial charge on any atom is -0.120 e. The molecule has 0 saturated heterocycles. The zero-order chi connectivity index (χ0) is 6.91. The lowest BCUT2D eigenvalue weighted by atomic mass is 9.68. The Bertz CT molecular complexity index is 133. The molecule has 0 atom stereocenters. The van der Waals surface area contributed by atoms with Crippen molar-refractivity contribution in [2.75, 3.05) is 0 Å². The van der Waals surface area contributed by atoms with E-state index in [0.29, 0.717) is 0 Å². The summed E-state index contributed by atoms with van der Waals surface area (Å²) in [6, 6.07) is 0. The highest BCUT2D eigenvalue weighted by molar-refractivity contribution is 5.05. The van der Waals surface area contributed by atoms with Crippen molar-refractivity contribution in [2.45, 2.75) is 33.1 Å². The second-order valence-electron chi connectivity index (χ2n) is 3.49. The molecular weight excluding hydrogens is 108 g/mol. The van der Waals surface area contributed by atoms with E-state index in [1.54, 1.807) is 0 Å². The average molecular weight is 122 g/mol. The smallest absolute Gasteiger partial charge is 0.0283 e. The van der Waals surface area contributed by atoms with Crippen molar-refractivity contribution in [3.63, 3.8) is 0 Å². The summed E-state index contributed by atoms with van der Waals surface area (Å²) >= 11 is 0. The number of hydrogen-bond donors (Lipinski definition) is 0. The van der Waals surface area contributed by atoms with E-state index >= 15 is 0 Å². The molecule has 0 heterocycles. The maximum absolute atomic E-state index is 5.37. The van der Waals surface area contributed by atoms with E-state index in [2.05, 4.69) is 19.8 Å². The molecule has 9 heavy (non-hydrogen) atoms. The van der Waals surface area contributed by atoms with Crippen LogP contribution < -0.4 is 0 Å². The molecule has 0 aromatic rings. The maximum Gasteiger partial charge on any atom is 0.0283 e. The molecule has 0 spiro atoms. The molecule has 0 aliphatic heterocycles. The van der Waals surface area contributed by atoms with Gasteiger partial charge >= 0.3 is 0 Å². The standard InChI is InChI=1S/C9H14/c1-4-9(2,3)8-6-5-7-8/h1,8H,5-7H2,2-3H3. The molecule has 1 aliphatic carbocycles. The predicted octanol–water partition coefficient (Wildman–Crippen LogP) is 2.45. The molecule has 50 valence electrons. The molecular formula is C9H14. The SMILES string of the molecule is C#CC(C)(C)C1CCC1. The quantitative estimate of drug-likeness (QED) is 0.469. The highest BCUT2D eigenvalue weighted by atomic mass is 14.3. The van der Waals surface area contributed by atoms with Crippen LogP contribution in [0.5, 0.6) is 0 Å². The van der Waals surface area contributed by atoms with E-state index in [1.807, 2.05) is 0 Å². The molecule has 0 bridgehead atoms. The first kappa shape index (κ1) is 6.68. The van der Waals surface area contributed by atoms with Crippen molar-refractivity contribution in [1.82, 2.24) is 0 Å². The molecule has 1 rings (SSSR count). The fourth-order valence-corrected chi connectivity index (χ4v) is 1.25. The van der Waals surface area contributed by atoms with Crippen molar-refractivity contribution in [1.29, 1.82) is 0 Å². The third kappa shape index (κ3) is 1.10. The van der Waals surface area contributed by atoms with Crippen LogP contribution in [0.2, 0.25) is 0 Å². The molecule has 0 heteroatoms. The second-order valence-corrected chi connectivity index (χ2v) is 3.49. The Hall–Kier alpha value is -0.440. The van der Waals surface area contributed by atoms with E-state index < -0.39 is 0 Å². The molecule has 0 unspecified atom stereocenters. The fraction of sp³-hybridized carbons (Fsp3) is 0.778. The summed E-state index contributed by atoms with van der Waals surface area (Å²) in [5.74, 6) is 3.65. The lowest BCUT2D eigenvalue weighted by molar-refractivity contribution is 0.178. The third-order valence-electron chi connectivity index (χ3n) is 2.50. The second kappa shape index (κ2) is 2.06. The summed E-state index contributed by atoms with van der Waals surface area (Å²) in [7, 11) is 0. The molecule has 0 aromatic carbocycles. The van der Waals surface area contributed by atoms with Gasteiger partial charge in [0.25, 0.3) is 0 Å². The molecule has 0 radical (unpaired) electrons. The van der Waals surface area contributed by atoms with Crippen molar-refractivity contribution < 1.29 is 0 Å².